The average molecular weight is 324 g/mol. The maximum absolute atomic E-state index is 12.4. The van der Waals surface area contributed by atoms with Crippen molar-refractivity contribution < 1.29 is 14.6 Å². The highest BCUT2D eigenvalue weighted by molar-refractivity contribution is 5.88. The summed E-state index contributed by atoms with van der Waals surface area (Å²) in [5.74, 6) is 0.627. The maximum Gasteiger partial charge on any atom is 0.240 e. The second-order valence-electron chi connectivity index (χ2n) is 5.55. The maximum atomic E-state index is 12.4. The zero-order valence-corrected chi connectivity index (χ0v) is 13.5. The molecule has 124 valence electrons. The molecule has 1 heterocycles. The van der Waals surface area contributed by atoms with Gasteiger partial charge in [-0.2, -0.15) is 0 Å². The molecule has 5 heteroatoms. The van der Waals surface area contributed by atoms with Crippen LogP contribution in [0.15, 0.2) is 60.8 Å². The van der Waals surface area contributed by atoms with E-state index in [1.165, 1.54) is 0 Å². The summed E-state index contributed by atoms with van der Waals surface area (Å²) in [6.07, 6.45) is 1.86. The van der Waals surface area contributed by atoms with Crippen LogP contribution in [0.2, 0.25) is 0 Å². The standard InChI is InChI=1S/C19H20N2O3/c1-24-18-9-5-8-17-15(18)10-11-21(17)12-19(23)20-16(13-22)14-6-3-2-4-7-14/h2-11,16,22H,12-13H2,1H3,(H,20,23)/t16-/m1/s1. The fraction of sp³-hybridized carbons (Fsp3) is 0.211. The first-order valence-electron chi connectivity index (χ1n) is 7.80. The SMILES string of the molecule is COc1cccc2c1ccn2CC(=O)N[C@H](CO)c1ccccc1. The van der Waals surface area contributed by atoms with Crippen LogP contribution in [0.3, 0.4) is 0 Å². The van der Waals surface area contributed by atoms with Gasteiger partial charge in [-0.15, -0.1) is 0 Å². The first-order chi connectivity index (χ1) is 11.7. The number of ether oxygens (including phenoxy) is 1. The van der Waals surface area contributed by atoms with Crippen LogP contribution in [0.4, 0.5) is 0 Å². The van der Waals surface area contributed by atoms with Crippen molar-refractivity contribution in [3.63, 3.8) is 0 Å². The predicted octanol–water partition coefficient (Wildman–Crippen LogP) is 2.50. The van der Waals surface area contributed by atoms with Crippen LogP contribution in [0.1, 0.15) is 11.6 Å². The third-order valence-corrected chi connectivity index (χ3v) is 4.03. The molecule has 1 aromatic heterocycles. The summed E-state index contributed by atoms with van der Waals surface area (Å²) < 4.78 is 7.21. The van der Waals surface area contributed by atoms with Crippen LogP contribution in [0, 0.1) is 0 Å². The quantitative estimate of drug-likeness (QED) is 0.732. The number of carbonyl (C=O) groups is 1. The second-order valence-corrected chi connectivity index (χ2v) is 5.55. The summed E-state index contributed by atoms with van der Waals surface area (Å²) in [7, 11) is 1.63. The van der Waals surface area contributed by atoms with E-state index in [-0.39, 0.29) is 19.1 Å². The Bertz CT molecular complexity index is 827. The van der Waals surface area contributed by atoms with Crippen molar-refractivity contribution in [1.82, 2.24) is 9.88 Å². The first-order valence-corrected chi connectivity index (χ1v) is 7.80. The number of aromatic nitrogens is 1. The second kappa shape index (κ2) is 7.19. The summed E-state index contributed by atoms with van der Waals surface area (Å²) in [5, 5.41) is 13.4. The Morgan fingerprint density at radius 2 is 1.96 bits per heavy atom. The molecule has 0 unspecified atom stereocenters. The summed E-state index contributed by atoms with van der Waals surface area (Å²) in [5.41, 5.74) is 1.82. The Balaban J connectivity index is 1.75. The molecule has 0 fully saturated rings. The number of benzene rings is 2. The van der Waals surface area contributed by atoms with Crippen molar-refractivity contribution in [2.75, 3.05) is 13.7 Å². The normalized spacial score (nSPS) is 12.1. The van der Waals surface area contributed by atoms with Crippen LogP contribution < -0.4 is 10.1 Å². The molecule has 0 bridgehead atoms. The molecule has 0 aliphatic carbocycles. The van der Waals surface area contributed by atoms with E-state index < -0.39 is 6.04 Å². The lowest BCUT2D eigenvalue weighted by Gasteiger charge is -2.17. The highest BCUT2D eigenvalue weighted by atomic mass is 16.5. The number of aliphatic hydroxyl groups is 1. The average Bonchev–Trinajstić information content (AvgIpc) is 3.03. The van der Waals surface area contributed by atoms with Crippen molar-refractivity contribution in [3.8, 4) is 5.75 Å². The van der Waals surface area contributed by atoms with E-state index in [4.69, 9.17) is 4.74 Å². The van der Waals surface area contributed by atoms with Crippen molar-refractivity contribution in [3.05, 3.63) is 66.4 Å². The molecular formula is C19H20N2O3. The zero-order valence-electron chi connectivity index (χ0n) is 13.5. The summed E-state index contributed by atoms with van der Waals surface area (Å²) in [6, 6.07) is 16.7. The van der Waals surface area contributed by atoms with E-state index in [1.54, 1.807) is 7.11 Å². The number of hydrogen-bond acceptors (Lipinski definition) is 3. The number of aliphatic hydroxyl groups excluding tert-OH is 1. The number of fused-ring (bicyclic) bond motifs is 1. The minimum absolute atomic E-state index is 0.143. The summed E-state index contributed by atoms with van der Waals surface area (Å²) in [6.45, 7) is 0.0377. The molecule has 2 N–H and O–H groups in total. The van der Waals surface area contributed by atoms with Crippen molar-refractivity contribution >= 4 is 16.8 Å². The van der Waals surface area contributed by atoms with E-state index in [2.05, 4.69) is 5.32 Å². The Morgan fingerprint density at radius 1 is 1.17 bits per heavy atom. The molecule has 0 aliphatic rings. The third kappa shape index (κ3) is 3.26. The van der Waals surface area contributed by atoms with Gasteiger partial charge < -0.3 is 19.7 Å². The fourth-order valence-corrected chi connectivity index (χ4v) is 2.83. The van der Waals surface area contributed by atoms with Gasteiger partial charge >= 0.3 is 0 Å². The number of methoxy groups -OCH3 is 1. The fourth-order valence-electron chi connectivity index (χ4n) is 2.83. The first kappa shape index (κ1) is 16.1. The molecule has 0 aliphatic heterocycles. The van der Waals surface area contributed by atoms with E-state index in [0.29, 0.717) is 0 Å². The Hall–Kier alpha value is -2.79. The topological polar surface area (TPSA) is 63.5 Å². The van der Waals surface area contributed by atoms with Gasteiger partial charge in [0.25, 0.3) is 0 Å². The lowest BCUT2D eigenvalue weighted by Crippen LogP contribution is -2.33. The van der Waals surface area contributed by atoms with Gasteiger partial charge in [0.05, 0.1) is 25.3 Å². The number of hydrogen-bond donors (Lipinski definition) is 2. The number of nitrogens with zero attached hydrogens (tertiary/aromatic N) is 1. The number of amides is 1. The number of nitrogens with one attached hydrogen (secondary N) is 1. The van der Waals surface area contributed by atoms with Crippen LogP contribution in [-0.4, -0.2) is 29.3 Å². The molecule has 2 aromatic carbocycles. The monoisotopic (exact) mass is 324 g/mol. The van der Waals surface area contributed by atoms with E-state index >= 15 is 0 Å². The third-order valence-electron chi connectivity index (χ3n) is 4.03. The molecule has 5 nitrogen and oxygen atoms in total. The summed E-state index contributed by atoms with van der Waals surface area (Å²) in [4.78, 5) is 12.4. The molecule has 3 aromatic rings. The van der Waals surface area contributed by atoms with Gasteiger partial charge in [-0.3, -0.25) is 4.79 Å². The number of rotatable bonds is 6. The molecule has 24 heavy (non-hydrogen) atoms. The van der Waals surface area contributed by atoms with E-state index in [1.807, 2.05) is 65.4 Å². The Morgan fingerprint density at radius 3 is 2.67 bits per heavy atom. The molecule has 0 spiro atoms. The molecule has 0 saturated heterocycles. The van der Waals surface area contributed by atoms with Gasteiger partial charge in [-0.25, -0.2) is 0 Å². The number of carbonyl (C=O) groups excluding carboxylic acids is 1. The van der Waals surface area contributed by atoms with Crippen LogP contribution in [-0.2, 0) is 11.3 Å². The molecule has 1 atom stereocenters. The highest BCUT2D eigenvalue weighted by Gasteiger charge is 2.14. The Labute approximate surface area is 140 Å². The Kier molecular flexibility index (Phi) is 4.82. The lowest BCUT2D eigenvalue weighted by atomic mass is 10.1. The van der Waals surface area contributed by atoms with Gasteiger partial charge in [0.1, 0.15) is 12.3 Å². The van der Waals surface area contributed by atoms with Crippen LogP contribution in [0.25, 0.3) is 10.9 Å². The summed E-state index contributed by atoms with van der Waals surface area (Å²) >= 11 is 0. The molecular weight excluding hydrogens is 304 g/mol. The minimum atomic E-state index is -0.407. The lowest BCUT2D eigenvalue weighted by molar-refractivity contribution is -0.122. The van der Waals surface area contributed by atoms with Crippen molar-refractivity contribution in [1.29, 1.82) is 0 Å². The van der Waals surface area contributed by atoms with Crippen molar-refractivity contribution in [2.24, 2.45) is 0 Å². The van der Waals surface area contributed by atoms with Gasteiger partial charge in [0.2, 0.25) is 5.91 Å². The van der Waals surface area contributed by atoms with Crippen LogP contribution >= 0.6 is 0 Å². The van der Waals surface area contributed by atoms with Gasteiger partial charge in [-0.1, -0.05) is 36.4 Å². The highest BCUT2D eigenvalue weighted by Crippen LogP contribution is 2.26. The zero-order chi connectivity index (χ0) is 16.9. The smallest absolute Gasteiger partial charge is 0.240 e. The van der Waals surface area contributed by atoms with E-state index in [9.17, 15) is 9.90 Å². The molecule has 0 saturated carbocycles. The predicted molar refractivity (Wildman–Crippen MR) is 92.9 cm³/mol. The molecule has 1 amide bonds. The van der Waals surface area contributed by atoms with Crippen LogP contribution in [0.5, 0.6) is 5.75 Å². The van der Waals surface area contributed by atoms with Gasteiger partial charge in [0, 0.05) is 11.6 Å². The minimum Gasteiger partial charge on any atom is -0.496 e. The largest absolute Gasteiger partial charge is 0.496 e. The molecule has 3 rings (SSSR count). The van der Waals surface area contributed by atoms with Crippen molar-refractivity contribution in [2.45, 2.75) is 12.6 Å². The molecule has 0 radical (unpaired) electrons. The van der Waals surface area contributed by atoms with Gasteiger partial charge in [-0.05, 0) is 23.8 Å². The van der Waals surface area contributed by atoms with E-state index in [0.717, 1.165) is 22.2 Å². The van der Waals surface area contributed by atoms with Gasteiger partial charge in [0.15, 0.2) is 0 Å².